The lowest BCUT2D eigenvalue weighted by atomic mass is 10.0. The first-order valence-corrected chi connectivity index (χ1v) is 9.00. The summed E-state index contributed by atoms with van der Waals surface area (Å²) in [5, 5.41) is 6.36. The Hall–Kier alpha value is -3.07. The van der Waals surface area contributed by atoms with Crippen LogP contribution in [0.15, 0.2) is 77.4 Å². The smallest absolute Gasteiger partial charge is 0.224 e. The first-order chi connectivity index (χ1) is 12.8. The zero-order valence-electron chi connectivity index (χ0n) is 14.6. The quantitative estimate of drug-likeness (QED) is 0.507. The maximum Gasteiger partial charge on any atom is 0.224 e. The molecule has 3 heteroatoms. The molecule has 1 aromatic heterocycles. The fourth-order valence-electron chi connectivity index (χ4n) is 3.41. The number of amides is 1. The number of hydrogen-bond donors (Lipinski definition) is 1. The van der Waals surface area contributed by atoms with Crippen molar-refractivity contribution in [3.8, 4) is 0 Å². The van der Waals surface area contributed by atoms with Crippen LogP contribution in [0.1, 0.15) is 17.5 Å². The number of carbonyl (C=O) groups is 1. The second-order valence-corrected chi connectivity index (χ2v) is 6.54. The van der Waals surface area contributed by atoms with Crippen LogP contribution in [0.3, 0.4) is 0 Å². The van der Waals surface area contributed by atoms with Crippen molar-refractivity contribution >= 4 is 27.6 Å². The van der Waals surface area contributed by atoms with Crippen molar-refractivity contribution in [3.63, 3.8) is 0 Å². The molecule has 26 heavy (non-hydrogen) atoms. The average molecular weight is 343 g/mol. The van der Waals surface area contributed by atoms with E-state index >= 15 is 0 Å². The largest absolute Gasteiger partial charge is 0.464 e. The van der Waals surface area contributed by atoms with E-state index in [2.05, 4.69) is 35.6 Å². The van der Waals surface area contributed by atoms with Crippen LogP contribution in [0.4, 0.5) is 0 Å². The summed E-state index contributed by atoms with van der Waals surface area (Å²) in [4.78, 5) is 12.3. The van der Waals surface area contributed by atoms with Crippen LogP contribution in [-0.4, -0.2) is 12.5 Å². The van der Waals surface area contributed by atoms with Gasteiger partial charge in [0.2, 0.25) is 5.91 Å². The van der Waals surface area contributed by atoms with Gasteiger partial charge in [0.25, 0.3) is 0 Å². The van der Waals surface area contributed by atoms with Gasteiger partial charge in [0.05, 0.1) is 12.7 Å². The molecule has 0 spiro atoms. The maximum absolute atomic E-state index is 12.3. The topological polar surface area (TPSA) is 42.2 Å². The van der Waals surface area contributed by atoms with E-state index in [0.29, 0.717) is 13.0 Å². The number of hydrogen-bond acceptors (Lipinski definition) is 2. The summed E-state index contributed by atoms with van der Waals surface area (Å²) < 4.78 is 5.66. The van der Waals surface area contributed by atoms with E-state index in [0.717, 1.165) is 40.1 Å². The molecule has 4 rings (SSSR count). The highest BCUT2D eigenvalue weighted by Gasteiger charge is 2.12. The minimum atomic E-state index is 0.0358. The molecule has 0 atom stereocenters. The van der Waals surface area contributed by atoms with Gasteiger partial charge in [-0.05, 0) is 35.2 Å². The van der Waals surface area contributed by atoms with E-state index < -0.39 is 0 Å². The van der Waals surface area contributed by atoms with Crippen LogP contribution in [0, 0.1) is 0 Å². The third-order valence-corrected chi connectivity index (χ3v) is 4.70. The van der Waals surface area contributed by atoms with Crippen molar-refractivity contribution in [2.24, 2.45) is 0 Å². The van der Waals surface area contributed by atoms with Gasteiger partial charge in [0.15, 0.2) is 0 Å². The Morgan fingerprint density at radius 3 is 2.62 bits per heavy atom. The minimum Gasteiger partial charge on any atom is -0.464 e. The molecule has 1 heterocycles. The van der Waals surface area contributed by atoms with Gasteiger partial charge in [-0.25, -0.2) is 0 Å². The standard InChI is InChI=1S/C23H21NO2/c25-22(24-14-6-9-17-7-2-1-3-8-17)15-19-16-26-21-13-12-18-10-4-5-11-20(18)23(19)21/h1-5,7-8,10-13,16H,6,9,14-15H2,(H,24,25). The molecule has 130 valence electrons. The van der Waals surface area contributed by atoms with E-state index in [1.807, 2.05) is 36.4 Å². The molecule has 3 aromatic carbocycles. The van der Waals surface area contributed by atoms with Crippen molar-refractivity contribution in [2.45, 2.75) is 19.3 Å². The first kappa shape index (κ1) is 16.4. The summed E-state index contributed by atoms with van der Waals surface area (Å²) in [5.74, 6) is 0.0358. The van der Waals surface area contributed by atoms with Gasteiger partial charge >= 0.3 is 0 Å². The van der Waals surface area contributed by atoms with E-state index in [-0.39, 0.29) is 5.91 Å². The van der Waals surface area contributed by atoms with Crippen molar-refractivity contribution < 1.29 is 9.21 Å². The van der Waals surface area contributed by atoms with E-state index in [9.17, 15) is 4.79 Å². The van der Waals surface area contributed by atoms with E-state index in [4.69, 9.17) is 4.42 Å². The predicted molar refractivity (Wildman–Crippen MR) is 105 cm³/mol. The highest BCUT2D eigenvalue weighted by Crippen LogP contribution is 2.30. The fourth-order valence-corrected chi connectivity index (χ4v) is 3.41. The normalized spacial score (nSPS) is 11.1. The first-order valence-electron chi connectivity index (χ1n) is 9.00. The third kappa shape index (κ3) is 3.47. The molecule has 0 aliphatic rings. The van der Waals surface area contributed by atoms with Gasteiger partial charge in [-0.2, -0.15) is 0 Å². The Morgan fingerprint density at radius 2 is 1.73 bits per heavy atom. The number of furan rings is 1. The van der Waals surface area contributed by atoms with Crippen LogP contribution in [0.2, 0.25) is 0 Å². The molecule has 4 aromatic rings. The number of benzene rings is 3. The number of rotatable bonds is 6. The minimum absolute atomic E-state index is 0.0358. The summed E-state index contributed by atoms with van der Waals surface area (Å²) in [7, 11) is 0. The summed E-state index contributed by atoms with van der Waals surface area (Å²) in [6.07, 6.45) is 3.96. The molecule has 3 nitrogen and oxygen atoms in total. The number of carbonyl (C=O) groups excluding carboxylic acids is 1. The van der Waals surface area contributed by atoms with Gasteiger partial charge in [0.1, 0.15) is 5.58 Å². The number of nitrogens with one attached hydrogen (secondary N) is 1. The molecular weight excluding hydrogens is 322 g/mol. The SMILES string of the molecule is O=C(Cc1coc2ccc3ccccc3c12)NCCCc1ccccc1. The predicted octanol–water partition coefficient (Wildman–Crippen LogP) is 4.88. The van der Waals surface area contributed by atoms with Gasteiger partial charge in [-0.1, -0.05) is 60.7 Å². The molecule has 0 fully saturated rings. The van der Waals surface area contributed by atoms with Gasteiger partial charge in [-0.3, -0.25) is 4.79 Å². The van der Waals surface area contributed by atoms with Gasteiger partial charge in [0, 0.05) is 17.5 Å². The third-order valence-electron chi connectivity index (χ3n) is 4.70. The van der Waals surface area contributed by atoms with E-state index in [1.54, 1.807) is 6.26 Å². The summed E-state index contributed by atoms with van der Waals surface area (Å²) in [6.45, 7) is 0.685. The van der Waals surface area contributed by atoms with Gasteiger partial charge in [-0.15, -0.1) is 0 Å². The van der Waals surface area contributed by atoms with Gasteiger partial charge < -0.3 is 9.73 Å². The number of fused-ring (bicyclic) bond motifs is 3. The highest BCUT2D eigenvalue weighted by atomic mass is 16.3. The number of aryl methyl sites for hydroxylation is 1. The Bertz CT molecular complexity index is 1030. The monoisotopic (exact) mass is 343 g/mol. The fraction of sp³-hybridized carbons (Fsp3) is 0.174. The Balaban J connectivity index is 1.41. The second-order valence-electron chi connectivity index (χ2n) is 6.54. The maximum atomic E-state index is 12.3. The molecule has 0 saturated carbocycles. The summed E-state index contributed by atoms with van der Waals surface area (Å²) in [6, 6.07) is 22.6. The lowest BCUT2D eigenvalue weighted by Gasteiger charge is -2.06. The zero-order valence-corrected chi connectivity index (χ0v) is 14.6. The van der Waals surface area contributed by atoms with Crippen molar-refractivity contribution in [1.82, 2.24) is 5.32 Å². The Kier molecular flexibility index (Phi) is 4.69. The van der Waals surface area contributed by atoms with Crippen LogP contribution in [0.25, 0.3) is 21.7 Å². The van der Waals surface area contributed by atoms with Crippen LogP contribution >= 0.6 is 0 Å². The van der Waals surface area contributed by atoms with E-state index in [1.165, 1.54) is 5.56 Å². The molecule has 1 amide bonds. The molecule has 1 N–H and O–H groups in total. The lowest BCUT2D eigenvalue weighted by Crippen LogP contribution is -2.26. The summed E-state index contributed by atoms with van der Waals surface area (Å²) >= 11 is 0. The molecular formula is C23H21NO2. The zero-order chi connectivity index (χ0) is 17.8. The lowest BCUT2D eigenvalue weighted by molar-refractivity contribution is -0.120. The molecule has 0 bridgehead atoms. The molecule has 0 aliphatic carbocycles. The van der Waals surface area contributed by atoms with Crippen molar-refractivity contribution in [1.29, 1.82) is 0 Å². The molecule has 0 unspecified atom stereocenters. The Morgan fingerprint density at radius 1 is 0.923 bits per heavy atom. The molecule has 0 aliphatic heterocycles. The molecule has 0 saturated heterocycles. The summed E-state index contributed by atoms with van der Waals surface area (Å²) in [5.41, 5.74) is 3.07. The van der Waals surface area contributed by atoms with Crippen LogP contribution in [-0.2, 0) is 17.6 Å². The average Bonchev–Trinajstić information content (AvgIpc) is 3.09. The van der Waals surface area contributed by atoms with Crippen molar-refractivity contribution in [2.75, 3.05) is 6.54 Å². The highest BCUT2D eigenvalue weighted by molar-refractivity contribution is 6.08. The van der Waals surface area contributed by atoms with Crippen LogP contribution in [0.5, 0.6) is 0 Å². The van der Waals surface area contributed by atoms with Crippen molar-refractivity contribution in [3.05, 3.63) is 84.1 Å². The molecule has 0 radical (unpaired) electrons. The Labute approximate surface area is 152 Å². The van der Waals surface area contributed by atoms with Crippen LogP contribution < -0.4 is 5.32 Å². The second kappa shape index (κ2) is 7.44.